The van der Waals surface area contributed by atoms with Crippen LogP contribution in [-0.4, -0.2) is 43.6 Å². The zero-order chi connectivity index (χ0) is 14.1. The van der Waals surface area contributed by atoms with Crippen molar-refractivity contribution in [1.29, 1.82) is 0 Å². The first-order valence-corrected chi connectivity index (χ1v) is 7.46. The zero-order valence-electron chi connectivity index (χ0n) is 11.6. The smallest absolute Gasteiger partial charge is 0.224 e. The Labute approximate surface area is 124 Å². The third kappa shape index (κ3) is 2.57. The average molecular weight is 295 g/mol. The van der Waals surface area contributed by atoms with Crippen molar-refractivity contribution in [2.24, 2.45) is 0 Å². The van der Waals surface area contributed by atoms with Gasteiger partial charge in [-0.05, 0) is 31.0 Å². The topological polar surface area (TPSA) is 32.8 Å². The van der Waals surface area contributed by atoms with Crippen LogP contribution in [-0.2, 0) is 4.79 Å². The second kappa shape index (κ2) is 5.52. The minimum Gasteiger partial charge on any atom is -0.489 e. The van der Waals surface area contributed by atoms with Gasteiger partial charge in [-0.1, -0.05) is 11.6 Å². The van der Waals surface area contributed by atoms with Crippen molar-refractivity contribution in [3.63, 3.8) is 0 Å². The highest BCUT2D eigenvalue weighted by Crippen LogP contribution is 2.35. The summed E-state index contributed by atoms with van der Waals surface area (Å²) in [5.74, 6) is 1.06. The fraction of sp³-hybridized carbons (Fsp3) is 0.533. The minimum atomic E-state index is 0.0778. The van der Waals surface area contributed by atoms with Crippen LogP contribution < -0.4 is 9.64 Å². The number of fused-ring (bicyclic) bond motifs is 1. The van der Waals surface area contributed by atoms with Gasteiger partial charge in [-0.2, -0.15) is 0 Å². The molecular weight excluding hydrogens is 276 g/mol. The Morgan fingerprint density at radius 3 is 2.90 bits per heavy atom. The van der Waals surface area contributed by atoms with Crippen molar-refractivity contribution >= 4 is 23.2 Å². The molecule has 0 spiro atoms. The summed E-state index contributed by atoms with van der Waals surface area (Å²) in [5.41, 5.74) is 0.961. The number of hydrogen-bond donors (Lipinski definition) is 0. The van der Waals surface area contributed by atoms with Gasteiger partial charge in [0.2, 0.25) is 5.91 Å². The SMILES string of the molecule is CN1c2cc(Cl)ccc2OC[C@H]1CC(=O)N1CCCC1. The van der Waals surface area contributed by atoms with E-state index in [1.165, 1.54) is 0 Å². The average Bonchev–Trinajstić information content (AvgIpc) is 2.96. The van der Waals surface area contributed by atoms with Crippen molar-refractivity contribution in [1.82, 2.24) is 4.90 Å². The maximum absolute atomic E-state index is 12.3. The Bertz CT molecular complexity index is 515. The molecule has 108 valence electrons. The van der Waals surface area contributed by atoms with Crippen LogP contribution >= 0.6 is 11.6 Å². The fourth-order valence-corrected chi connectivity index (χ4v) is 3.04. The quantitative estimate of drug-likeness (QED) is 0.840. The Kier molecular flexibility index (Phi) is 3.74. The monoisotopic (exact) mass is 294 g/mol. The molecule has 0 radical (unpaired) electrons. The van der Waals surface area contributed by atoms with Crippen molar-refractivity contribution in [2.75, 3.05) is 31.6 Å². The first-order chi connectivity index (χ1) is 9.65. The molecule has 2 aliphatic heterocycles. The molecular formula is C15H19ClN2O2. The molecule has 1 saturated heterocycles. The van der Waals surface area contributed by atoms with Crippen LogP contribution in [0.5, 0.6) is 5.75 Å². The number of ether oxygens (including phenoxy) is 1. The van der Waals surface area contributed by atoms with Gasteiger partial charge in [-0.15, -0.1) is 0 Å². The summed E-state index contributed by atoms with van der Waals surface area (Å²) in [6.07, 6.45) is 2.75. The summed E-state index contributed by atoms with van der Waals surface area (Å²) < 4.78 is 5.75. The predicted octanol–water partition coefficient (Wildman–Crippen LogP) is 2.55. The summed E-state index contributed by atoms with van der Waals surface area (Å²) in [4.78, 5) is 16.3. The number of likely N-dealkylation sites (N-methyl/N-ethyl adjacent to an activating group) is 1. The molecule has 1 amide bonds. The van der Waals surface area contributed by atoms with Gasteiger partial charge in [0.15, 0.2) is 0 Å². The maximum Gasteiger partial charge on any atom is 0.224 e. The lowest BCUT2D eigenvalue weighted by Gasteiger charge is -2.36. The molecule has 20 heavy (non-hydrogen) atoms. The lowest BCUT2D eigenvalue weighted by atomic mass is 10.1. The Balaban J connectivity index is 1.71. The van der Waals surface area contributed by atoms with Crippen LogP contribution in [0, 0.1) is 0 Å². The highest BCUT2D eigenvalue weighted by atomic mass is 35.5. The lowest BCUT2D eigenvalue weighted by molar-refractivity contribution is -0.130. The van der Waals surface area contributed by atoms with E-state index in [1.54, 1.807) is 0 Å². The number of anilines is 1. The molecule has 1 aromatic rings. The number of rotatable bonds is 2. The lowest BCUT2D eigenvalue weighted by Crippen LogP contribution is -2.44. The van der Waals surface area contributed by atoms with Gasteiger partial charge in [0, 0.05) is 25.2 Å². The predicted molar refractivity (Wildman–Crippen MR) is 79.6 cm³/mol. The fourth-order valence-electron chi connectivity index (χ4n) is 2.88. The number of hydrogen-bond acceptors (Lipinski definition) is 3. The van der Waals surface area contributed by atoms with Crippen LogP contribution in [0.15, 0.2) is 18.2 Å². The molecule has 0 saturated carbocycles. The highest BCUT2D eigenvalue weighted by molar-refractivity contribution is 6.30. The van der Waals surface area contributed by atoms with Gasteiger partial charge in [-0.25, -0.2) is 0 Å². The van der Waals surface area contributed by atoms with E-state index in [9.17, 15) is 4.79 Å². The Morgan fingerprint density at radius 1 is 1.40 bits per heavy atom. The third-order valence-corrected chi connectivity index (χ3v) is 4.38. The minimum absolute atomic E-state index is 0.0778. The Hall–Kier alpha value is -1.42. The summed E-state index contributed by atoms with van der Waals surface area (Å²) in [6, 6.07) is 5.68. The highest BCUT2D eigenvalue weighted by Gasteiger charge is 2.29. The number of carbonyl (C=O) groups excluding carboxylic acids is 1. The summed E-state index contributed by atoms with van der Waals surface area (Å²) >= 11 is 6.04. The second-order valence-electron chi connectivity index (χ2n) is 5.48. The van der Waals surface area contributed by atoms with Gasteiger partial charge in [0.1, 0.15) is 12.4 Å². The van der Waals surface area contributed by atoms with Gasteiger partial charge in [0.05, 0.1) is 18.2 Å². The first-order valence-electron chi connectivity index (χ1n) is 7.08. The molecule has 0 aliphatic carbocycles. The van der Waals surface area contributed by atoms with E-state index < -0.39 is 0 Å². The molecule has 2 aliphatic rings. The maximum atomic E-state index is 12.3. The van der Waals surface area contributed by atoms with Crippen molar-refractivity contribution in [3.05, 3.63) is 23.2 Å². The summed E-state index contributed by atoms with van der Waals surface area (Å²) in [7, 11) is 2.00. The van der Waals surface area contributed by atoms with Gasteiger partial charge >= 0.3 is 0 Å². The van der Waals surface area contributed by atoms with Gasteiger partial charge in [0.25, 0.3) is 0 Å². The zero-order valence-corrected chi connectivity index (χ0v) is 12.4. The molecule has 1 aromatic carbocycles. The van der Waals surface area contributed by atoms with Crippen LogP contribution in [0.3, 0.4) is 0 Å². The van der Waals surface area contributed by atoms with Crippen LogP contribution in [0.25, 0.3) is 0 Å². The molecule has 3 rings (SSSR count). The Morgan fingerprint density at radius 2 is 2.15 bits per heavy atom. The van der Waals surface area contributed by atoms with Gasteiger partial charge in [-0.3, -0.25) is 4.79 Å². The van der Waals surface area contributed by atoms with Crippen molar-refractivity contribution in [3.8, 4) is 5.75 Å². The van der Waals surface area contributed by atoms with Crippen LogP contribution in [0.4, 0.5) is 5.69 Å². The number of halogens is 1. The normalized spacial score (nSPS) is 21.6. The number of benzene rings is 1. The number of amides is 1. The standard InChI is InChI=1S/C15H19ClN2O2/c1-17-12(9-15(19)18-6-2-3-7-18)10-20-14-5-4-11(16)8-13(14)17/h4-5,8,12H,2-3,6-7,9-10H2,1H3/t12-/m1/s1. The third-order valence-electron chi connectivity index (χ3n) is 4.15. The number of carbonyl (C=O) groups is 1. The molecule has 2 heterocycles. The second-order valence-corrected chi connectivity index (χ2v) is 5.92. The molecule has 0 aromatic heterocycles. The molecule has 0 unspecified atom stereocenters. The summed E-state index contributed by atoms with van der Waals surface area (Å²) in [6.45, 7) is 2.35. The van der Waals surface area contributed by atoms with E-state index in [0.29, 0.717) is 18.1 Å². The van der Waals surface area contributed by atoms with Crippen molar-refractivity contribution < 1.29 is 9.53 Å². The molecule has 0 bridgehead atoms. The molecule has 1 atom stereocenters. The molecule has 1 fully saturated rings. The van der Waals surface area contributed by atoms with E-state index in [4.69, 9.17) is 16.3 Å². The van der Waals surface area contributed by atoms with E-state index in [2.05, 4.69) is 4.90 Å². The van der Waals surface area contributed by atoms with E-state index in [0.717, 1.165) is 37.4 Å². The van der Waals surface area contributed by atoms with Gasteiger partial charge < -0.3 is 14.5 Å². The van der Waals surface area contributed by atoms with Crippen LogP contribution in [0.2, 0.25) is 5.02 Å². The number of nitrogens with zero attached hydrogens (tertiary/aromatic N) is 2. The largest absolute Gasteiger partial charge is 0.489 e. The number of likely N-dealkylation sites (tertiary alicyclic amines) is 1. The van der Waals surface area contributed by atoms with Crippen LogP contribution in [0.1, 0.15) is 19.3 Å². The molecule has 5 heteroatoms. The summed E-state index contributed by atoms with van der Waals surface area (Å²) in [5, 5.41) is 0.686. The van der Waals surface area contributed by atoms with E-state index >= 15 is 0 Å². The van der Waals surface area contributed by atoms with E-state index in [1.807, 2.05) is 30.1 Å². The van der Waals surface area contributed by atoms with Crippen molar-refractivity contribution in [2.45, 2.75) is 25.3 Å². The van der Waals surface area contributed by atoms with E-state index in [-0.39, 0.29) is 11.9 Å². The first kappa shape index (κ1) is 13.6. The molecule has 4 nitrogen and oxygen atoms in total. The molecule has 0 N–H and O–H groups in total.